The van der Waals surface area contributed by atoms with Gasteiger partial charge in [-0.25, -0.2) is 13.6 Å². The Balaban J connectivity index is 2.19. The van der Waals surface area contributed by atoms with E-state index in [1.165, 1.54) is 18.2 Å². The molecule has 0 aromatic heterocycles. The summed E-state index contributed by atoms with van der Waals surface area (Å²) in [6, 6.07) is 3.93. The van der Waals surface area contributed by atoms with E-state index in [2.05, 4.69) is 5.32 Å². The summed E-state index contributed by atoms with van der Waals surface area (Å²) in [5, 5.41) is 11.1. The number of aliphatic carboxylic acids is 1. The molecule has 0 bridgehead atoms. The molecule has 1 aromatic rings. The second-order valence-corrected chi connectivity index (χ2v) is 5.86. The van der Waals surface area contributed by atoms with Crippen LogP contribution in [0, 0.1) is 11.8 Å². The Hall–Kier alpha value is -2.39. The van der Waals surface area contributed by atoms with Gasteiger partial charge in [-0.15, -0.1) is 0 Å². The van der Waals surface area contributed by atoms with Gasteiger partial charge in [-0.2, -0.15) is 13.2 Å². The van der Waals surface area contributed by atoms with Crippen LogP contribution in [0.3, 0.4) is 0 Å². The monoisotopic (exact) mass is 366 g/mol. The summed E-state index contributed by atoms with van der Waals surface area (Å²) in [5.41, 5.74) is -0.743. The maximum Gasteiger partial charge on any atom is 0.394 e. The van der Waals surface area contributed by atoms with E-state index in [9.17, 15) is 31.5 Å². The van der Waals surface area contributed by atoms with E-state index in [0.717, 1.165) is 6.07 Å². The molecule has 2 N–H and O–H groups in total. The number of halogens is 5. The first-order valence-corrected chi connectivity index (χ1v) is 7.24. The minimum absolute atomic E-state index is 0.248. The number of nitrogens with zero attached hydrogens (tertiary/aromatic N) is 1. The van der Waals surface area contributed by atoms with Gasteiger partial charge in [-0.05, 0) is 6.07 Å². The van der Waals surface area contributed by atoms with E-state index < -0.39 is 54.6 Å². The Morgan fingerprint density at radius 3 is 2.24 bits per heavy atom. The molecule has 1 aliphatic heterocycles. The van der Waals surface area contributed by atoms with Gasteiger partial charge in [0.05, 0.1) is 17.5 Å². The van der Waals surface area contributed by atoms with Crippen LogP contribution in [-0.4, -0.2) is 41.3 Å². The van der Waals surface area contributed by atoms with Gasteiger partial charge < -0.3 is 15.3 Å². The number of hydrogen-bond acceptors (Lipinski definition) is 2. The quantitative estimate of drug-likeness (QED) is 0.804. The summed E-state index contributed by atoms with van der Waals surface area (Å²) in [5.74, 6) is -8.95. The third-order valence-electron chi connectivity index (χ3n) is 3.99. The number of para-hydroxylation sites is 1. The zero-order valence-corrected chi connectivity index (χ0v) is 13.0. The maximum absolute atomic E-state index is 13.5. The predicted molar refractivity (Wildman–Crippen MR) is 77.3 cm³/mol. The SMILES string of the molecule is CC(F)(F)c1ccccc1NC(=O)N1C[C@@H](C(F)(F)F)[C@H](C(=O)O)C1. The molecule has 5 nitrogen and oxygen atoms in total. The second-order valence-electron chi connectivity index (χ2n) is 5.86. The van der Waals surface area contributed by atoms with Gasteiger partial charge in [-0.3, -0.25) is 4.79 Å². The number of anilines is 1. The van der Waals surface area contributed by atoms with Crippen LogP contribution >= 0.6 is 0 Å². The van der Waals surface area contributed by atoms with Crippen LogP contribution in [0.4, 0.5) is 32.4 Å². The number of nitrogens with one attached hydrogen (secondary N) is 1. The fourth-order valence-electron chi connectivity index (χ4n) is 2.72. The van der Waals surface area contributed by atoms with Crippen molar-refractivity contribution >= 4 is 17.7 Å². The number of benzene rings is 1. The molecule has 0 unspecified atom stereocenters. The van der Waals surface area contributed by atoms with Gasteiger partial charge in [0.15, 0.2) is 0 Å². The Bertz CT molecular complexity index is 672. The molecular weight excluding hydrogens is 351 g/mol. The lowest BCUT2D eigenvalue weighted by atomic mass is 9.96. The number of amides is 2. The first kappa shape index (κ1) is 18.9. The minimum Gasteiger partial charge on any atom is -0.481 e. The molecule has 1 aliphatic rings. The van der Waals surface area contributed by atoms with Gasteiger partial charge in [0.2, 0.25) is 0 Å². The fraction of sp³-hybridized carbons (Fsp3) is 0.467. The van der Waals surface area contributed by atoms with Gasteiger partial charge >= 0.3 is 18.2 Å². The second kappa shape index (κ2) is 6.49. The molecule has 1 aromatic carbocycles. The molecule has 2 amide bonds. The lowest BCUT2D eigenvalue weighted by molar-refractivity contribution is -0.187. The first-order valence-electron chi connectivity index (χ1n) is 7.24. The van der Waals surface area contributed by atoms with Crippen LogP contribution in [0.1, 0.15) is 12.5 Å². The van der Waals surface area contributed by atoms with Crippen molar-refractivity contribution in [3.8, 4) is 0 Å². The largest absolute Gasteiger partial charge is 0.481 e. The standard InChI is InChI=1S/C15H15F5N2O3/c1-14(16,17)9-4-2-3-5-11(9)21-13(25)22-6-8(12(23)24)10(7-22)15(18,19)20/h2-5,8,10H,6-7H2,1H3,(H,21,25)(H,23,24)/t8-,10-/m1/s1. The summed E-state index contributed by atoms with van der Waals surface area (Å²) in [6.45, 7) is -0.888. The molecule has 1 heterocycles. The maximum atomic E-state index is 13.5. The van der Waals surface area contributed by atoms with Crippen molar-refractivity contribution in [2.45, 2.75) is 19.0 Å². The molecule has 138 valence electrons. The average Bonchev–Trinajstić information content (AvgIpc) is 2.92. The Morgan fingerprint density at radius 1 is 1.16 bits per heavy atom. The highest BCUT2D eigenvalue weighted by Crippen LogP contribution is 2.38. The topological polar surface area (TPSA) is 69.6 Å². The fourth-order valence-corrected chi connectivity index (χ4v) is 2.72. The number of alkyl halides is 5. The van der Waals surface area contributed by atoms with E-state index >= 15 is 0 Å². The number of hydrogen-bond donors (Lipinski definition) is 2. The zero-order chi connectivity index (χ0) is 19.0. The minimum atomic E-state index is -4.79. The van der Waals surface area contributed by atoms with Crippen molar-refractivity contribution in [1.29, 1.82) is 0 Å². The van der Waals surface area contributed by atoms with Crippen molar-refractivity contribution in [3.05, 3.63) is 29.8 Å². The number of likely N-dealkylation sites (tertiary alicyclic amines) is 1. The third kappa shape index (κ3) is 4.18. The van der Waals surface area contributed by atoms with Crippen molar-refractivity contribution in [2.24, 2.45) is 11.8 Å². The summed E-state index contributed by atoms with van der Waals surface area (Å²) in [4.78, 5) is 23.8. The van der Waals surface area contributed by atoms with Crippen molar-refractivity contribution in [3.63, 3.8) is 0 Å². The van der Waals surface area contributed by atoms with Crippen molar-refractivity contribution in [1.82, 2.24) is 4.90 Å². The number of carboxylic acid groups (broad SMARTS) is 1. The van der Waals surface area contributed by atoms with E-state index in [0.29, 0.717) is 11.8 Å². The Labute approximate surface area is 139 Å². The van der Waals surface area contributed by atoms with Crippen LogP contribution in [0.5, 0.6) is 0 Å². The number of carbonyl (C=O) groups excluding carboxylic acids is 1. The highest BCUT2D eigenvalue weighted by molar-refractivity contribution is 5.91. The van der Waals surface area contributed by atoms with Crippen LogP contribution in [-0.2, 0) is 10.7 Å². The molecule has 25 heavy (non-hydrogen) atoms. The van der Waals surface area contributed by atoms with Crippen LogP contribution in [0.2, 0.25) is 0 Å². The van der Waals surface area contributed by atoms with Gasteiger partial charge in [0.25, 0.3) is 5.92 Å². The zero-order valence-electron chi connectivity index (χ0n) is 13.0. The highest BCUT2D eigenvalue weighted by Gasteiger charge is 2.53. The molecule has 10 heteroatoms. The smallest absolute Gasteiger partial charge is 0.394 e. The number of carbonyl (C=O) groups is 2. The molecule has 0 radical (unpaired) electrons. The highest BCUT2D eigenvalue weighted by atomic mass is 19.4. The van der Waals surface area contributed by atoms with Crippen LogP contribution in [0.25, 0.3) is 0 Å². The molecular formula is C15H15F5N2O3. The summed E-state index contributed by atoms with van der Waals surface area (Å²) in [6.07, 6.45) is -4.79. The lowest BCUT2D eigenvalue weighted by Gasteiger charge is -2.21. The Morgan fingerprint density at radius 2 is 1.76 bits per heavy atom. The van der Waals surface area contributed by atoms with E-state index in [4.69, 9.17) is 5.11 Å². The summed E-state index contributed by atoms with van der Waals surface area (Å²) >= 11 is 0. The first-order chi connectivity index (χ1) is 11.4. The molecule has 1 saturated heterocycles. The van der Waals surface area contributed by atoms with Crippen LogP contribution in [0.15, 0.2) is 24.3 Å². The molecule has 0 saturated carbocycles. The van der Waals surface area contributed by atoms with E-state index in [1.807, 2.05) is 0 Å². The van der Waals surface area contributed by atoms with Gasteiger partial charge in [0, 0.05) is 25.6 Å². The molecule has 2 rings (SSSR count). The Kier molecular flexibility index (Phi) is 4.92. The van der Waals surface area contributed by atoms with E-state index in [-0.39, 0.29) is 5.69 Å². The van der Waals surface area contributed by atoms with E-state index in [1.54, 1.807) is 0 Å². The predicted octanol–water partition coefficient (Wildman–Crippen LogP) is 3.53. The molecule has 0 spiro atoms. The third-order valence-corrected chi connectivity index (χ3v) is 3.99. The molecule has 2 atom stereocenters. The number of rotatable bonds is 3. The van der Waals surface area contributed by atoms with Gasteiger partial charge in [0.1, 0.15) is 0 Å². The molecule has 0 aliphatic carbocycles. The number of carboxylic acids is 1. The van der Waals surface area contributed by atoms with Crippen LogP contribution < -0.4 is 5.32 Å². The number of urea groups is 1. The normalized spacial score (nSPS) is 21.3. The van der Waals surface area contributed by atoms with Crippen molar-refractivity contribution < 1.29 is 36.6 Å². The summed E-state index contributed by atoms with van der Waals surface area (Å²) in [7, 11) is 0. The average molecular weight is 366 g/mol. The van der Waals surface area contributed by atoms with Crippen molar-refractivity contribution in [2.75, 3.05) is 18.4 Å². The lowest BCUT2D eigenvalue weighted by Crippen LogP contribution is -2.35. The summed E-state index contributed by atoms with van der Waals surface area (Å²) < 4.78 is 65.9. The molecule has 1 fully saturated rings. The van der Waals surface area contributed by atoms with Gasteiger partial charge in [-0.1, -0.05) is 18.2 Å².